The maximum atomic E-state index is 13.4. The highest BCUT2D eigenvalue weighted by Gasteiger charge is 2.50. The lowest BCUT2D eigenvalue weighted by Gasteiger charge is -2.22. The molecule has 1 atom stereocenters. The van der Waals surface area contributed by atoms with E-state index >= 15 is 0 Å². The maximum Gasteiger partial charge on any atom is 0.525 e. The molecule has 0 aromatic carbocycles. The van der Waals surface area contributed by atoms with E-state index < -0.39 is 24.6 Å². The Hall–Kier alpha value is -2.01. The number of nitrogens with zero attached hydrogens (tertiary/aromatic N) is 2. The van der Waals surface area contributed by atoms with Crippen LogP contribution in [0.15, 0.2) is 41.6 Å². The molecule has 0 aliphatic carbocycles. The van der Waals surface area contributed by atoms with Gasteiger partial charge in [-0.1, -0.05) is 6.92 Å². The average Bonchev–Trinajstić information content (AvgIpc) is 2.55. The molecule has 2 aromatic heterocycles. The fourth-order valence-corrected chi connectivity index (χ4v) is 2.60. The minimum Gasteiger partial charge on any atom is -0.427 e. The molecular weight excluding hydrogens is 386 g/mol. The van der Waals surface area contributed by atoms with Crippen molar-refractivity contribution in [1.82, 2.24) is 9.97 Å². The van der Waals surface area contributed by atoms with Gasteiger partial charge in [-0.05, 0) is 30.0 Å². The molecule has 0 saturated heterocycles. The normalized spacial score (nSPS) is 13.5. The second-order valence-electron chi connectivity index (χ2n) is 4.71. The number of hydrogen-bond acceptors (Lipinski definition) is 5. The Morgan fingerprint density at radius 3 is 2.42 bits per heavy atom. The van der Waals surface area contributed by atoms with Gasteiger partial charge >= 0.3 is 18.8 Å². The third-order valence-electron chi connectivity index (χ3n) is 2.80. The van der Waals surface area contributed by atoms with Crippen LogP contribution >= 0.6 is 11.8 Å². The van der Waals surface area contributed by atoms with Crippen LogP contribution in [0, 0.1) is 0 Å². The Bertz CT molecular complexity index is 727. The molecule has 0 saturated carbocycles. The number of ether oxygens (including phenoxy) is 2. The van der Waals surface area contributed by atoms with Gasteiger partial charge in [0.2, 0.25) is 0 Å². The molecule has 2 heterocycles. The zero-order valence-electron chi connectivity index (χ0n) is 13.1. The number of hydrogen-bond donors (Lipinski definition) is 0. The molecule has 142 valence electrons. The molecule has 0 aliphatic heterocycles. The van der Waals surface area contributed by atoms with Gasteiger partial charge in [-0.3, -0.25) is 9.97 Å². The van der Waals surface area contributed by atoms with Gasteiger partial charge in [-0.2, -0.15) is 8.78 Å². The number of rotatable bonds is 7. The Balaban J connectivity index is 2.15. The predicted molar refractivity (Wildman–Crippen MR) is 81.5 cm³/mol. The first-order valence-electron chi connectivity index (χ1n) is 7.12. The van der Waals surface area contributed by atoms with Crippen molar-refractivity contribution in [2.24, 2.45) is 0 Å². The van der Waals surface area contributed by atoms with Gasteiger partial charge in [0.1, 0.15) is 11.4 Å². The van der Waals surface area contributed by atoms with Crippen LogP contribution in [-0.4, -0.2) is 34.5 Å². The van der Waals surface area contributed by atoms with Gasteiger partial charge in [-0.25, -0.2) is 9.13 Å². The smallest absolute Gasteiger partial charge is 0.427 e. The molecule has 26 heavy (non-hydrogen) atoms. The van der Waals surface area contributed by atoms with Crippen molar-refractivity contribution in [3.05, 3.63) is 36.7 Å². The number of aromatic nitrogens is 2. The van der Waals surface area contributed by atoms with Crippen LogP contribution in [0.2, 0.25) is 0 Å². The molecule has 2 rings (SSSR count). The highest BCUT2D eigenvalue weighted by Crippen LogP contribution is 2.33. The molecule has 1 unspecified atom stereocenters. The second kappa shape index (κ2) is 8.12. The summed E-state index contributed by atoms with van der Waals surface area (Å²) >= 11 is 1.49. The summed E-state index contributed by atoms with van der Waals surface area (Å²) in [6.07, 6.45) is -12.1. The van der Waals surface area contributed by atoms with Gasteiger partial charge in [0.05, 0.1) is 11.9 Å². The van der Waals surface area contributed by atoms with Crippen LogP contribution in [0.3, 0.4) is 0 Å². The van der Waals surface area contributed by atoms with E-state index in [1.165, 1.54) is 24.0 Å². The third-order valence-corrected chi connectivity index (χ3v) is 3.73. The highest BCUT2D eigenvalue weighted by atomic mass is 32.2. The SMILES string of the molecule is CCSc1cccnc1-c1ccc(OC(F)(F)C(F)OC(F)(F)F)cn1. The van der Waals surface area contributed by atoms with Crippen molar-refractivity contribution in [3.63, 3.8) is 0 Å². The molecule has 0 N–H and O–H groups in total. The largest absolute Gasteiger partial charge is 0.525 e. The summed E-state index contributed by atoms with van der Waals surface area (Å²) in [6.45, 7) is 1.93. The van der Waals surface area contributed by atoms with E-state index in [1.54, 1.807) is 12.1 Å². The zero-order chi connectivity index (χ0) is 19.4. The molecule has 0 bridgehead atoms. The number of thioether (sulfide) groups is 1. The Morgan fingerprint density at radius 2 is 1.85 bits per heavy atom. The van der Waals surface area contributed by atoms with E-state index in [0.29, 0.717) is 11.4 Å². The van der Waals surface area contributed by atoms with Crippen LogP contribution in [0.5, 0.6) is 5.75 Å². The molecular formula is C15H12F6N2O2S. The Labute approximate surface area is 148 Å². The first-order chi connectivity index (χ1) is 12.1. The minimum atomic E-state index is -5.57. The standard InChI is InChI=1S/C15H12F6N2O2S/c1-2-26-11-4-3-7-22-12(11)10-6-5-9(8-23-10)24-14(17,18)13(16)25-15(19,20)21/h3-8,13H,2H2,1H3. The summed E-state index contributed by atoms with van der Waals surface area (Å²) in [5, 5.41) is 0. The van der Waals surface area contributed by atoms with Crippen LogP contribution < -0.4 is 4.74 Å². The van der Waals surface area contributed by atoms with Crippen LogP contribution in [0.4, 0.5) is 26.3 Å². The van der Waals surface area contributed by atoms with Crippen LogP contribution in [0.25, 0.3) is 11.4 Å². The third kappa shape index (κ3) is 5.49. The quantitative estimate of drug-likeness (QED) is 0.482. The van der Waals surface area contributed by atoms with E-state index in [1.807, 2.05) is 6.92 Å². The van der Waals surface area contributed by atoms with Gasteiger partial charge in [0.25, 0.3) is 0 Å². The van der Waals surface area contributed by atoms with Gasteiger partial charge in [0, 0.05) is 11.1 Å². The molecule has 2 aromatic rings. The average molecular weight is 398 g/mol. The van der Waals surface area contributed by atoms with Crippen molar-refractivity contribution in [3.8, 4) is 17.1 Å². The first-order valence-corrected chi connectivity index (χ1v) is 8.10. The monoisotopic (exact) mass is 398 g/mol. The summed E-state index contributed by atoms with van der Waals surface area (Å²) in [7, 11) is 0. The van der Waals surface area contributed by atoms with E-state index in [-0.39, 0.29) is 0 Å². The number of pyridine rings is 2. The lowest BCUT2D eigenvalue weighted by molar-refractivity contribution is -0.411. The van der Waals surface area contributed by atoms with Crippen LogP contribution in [0.1, 0.15) is 6.92 Å². The van der Waals surface area contributed by atoms with Gasteiger partial charge < -0.3 is 4.74 Å². The fourth-order valence-electron chi connectivity index (χ4n) is 1.83. The molecule has 0 aliphatic rings. The minimum absolute atomic E-state index is 0.334. The molecule has 4 nitrogen and oxygen atoms in total. The second-order valence-corrected chi connectivity index (χ2v) is 6.01. The number of halogens is 6. The van der Waals surface area contributed by atoms with Crippen LogP contribution in [-0.2, 0) is 4.74 Å². The fraction of sp³-hybridized carbons (Fsp3) is 0.333. The summed E-state index contributed by atoms with van der Waals surface area (Å²) in [4.78, 5) is 8.86. The molecule has 0 amide bonds. The first kappa shape index (κ1) is 20.3. The van der Waals surface area contributed by atoms with Crippen molar-refractivity contribution in [2.75, 3.05) is 5.75 Å². The Morgan fingerprint density at radius 1 is 1.12 bits per heavy atom. The summed E-state index contributed by atoms with van der Waals surface area (Å²) in [6, 6.07) is 5.83. The topological polar surface area (TPSA) is 44.2 Å². The van der Waals surface area contributed by atoms with Crippen molar-refractivity contribution >= 4 is 11.8 Å². The summed E-state index contributed by atoms with van der Waals surface area (Å²) < 4.78 is 81.8. The van der Waals surface area contributed by atoms with Crippen molar-refractivity contribution in [1.29, 1.82) is 0 Å². The molecule has 11 heteroatoms. The van der Waals surface area contributed by atoms with Crippen molar-refractivity contribution < 1.29 is 35.8 Å². The Kier molecular flexibility index (Phi) is 6.34. The highest BCUT2D eigenvalue weighted by molar-refractivity contribution is 7.99. The van der Waals surface area contributed by atoms with Gasteiger partial charge in [0.15, 0.2) is 0 Å². The van der Waals surface area contributed by atoms with E-state index in [4.69, 9.17) is 0 Å². The molecule has 0 fully saturated rings. The lowest BCUT2D eigenvalue weighted by Crippen LogP contribution is -2.41. The number of alkyl halides is 6. The molecule has 0 spiro atoms. The zero-order valence-corrected chi connectivity index (χ0v) is 14.0. The van der Waals surface area contributed by atoms with E-state index in [2.05, 4.69) is 19.4 Å². The predicted octanol–water partition coefficient (Wildman–Crippen LogP) is 5.06. The maximum absolute atomic E-state index is 13.4. The van der Waals surface area contributed by atoms with E-state index in [0.717, 1.165) is 22.9 Å². The lowest BCUT2D eigenvalue weighted by atomic mass is 10.2. The summed E-state index contributed by atoms with van der Waals surface area (Å²) in [5.41, 5.74) is 0.835. The summed E-state index contributed by atoms with van der Waals surface area (Å²) in [5.74, 6) is 0.135. The van der Waals surface area contributed by atoms with E-state index in [9.17, 15) is 26.3 Å². The van der Waals surface area contributed by atoms with Crippen molar-refractivity contribution in [2.45, 2.75) is 30.6 Å². The molecule has 0 radical (unpaired) electrons. The van der Waals surface area contributed by atoms with Gasteiger partial charge in [-0.15, -0.1) is 24.9 Å².